The van der Waals surface area contributed by atoms with Crippen LogP contribution in [-0.4, -0.2) is 0 Å². The van der Waals surface area contributed by atoms with E-state index in [1.807, 2.05) is 0 Å². The van der Waals surface area contributed by atoms with E-state index in [1.165, 1.54) is 23.1 Å². The molecule has 0 spiro atoms. The van der Waals surface area contributed by atoms with E-state index in [0.717, 1.165) is 6.42 Å². The summed E-state index contributed by atoms with van der Waals surface area (Å²) in [6.45, 7) is 6.71. The van der Waals surface area contributed by atoms with Crippen LogP contribution in [0.3, 0.4) is 0 Å². The largest absolute Gasteiger partial charge is 0.323 e. The molecule has 0 saturated carbocycles. The van der Waals surface area contributed by atoms with E-state index in [1.54, 1.807) is 0 Å². The van der Waals surface area contributed by atoms with Crippen LogP contribution in [0.1, 0.15) is 68.2 Å². The third kappa shape index (κ3) is 3.74. The Morgan fingerprint density at radius 3 is 1.86 bits per heavy atom. The van der Waals surface area contributed by atoms with Crippen molar-refractivity contribution in [3.8, 4) is 0 Å². The monoisotopic (exact) mass is 281 g/mol. The summed E-state index contributed by atoms with van der Waals surface area (Å²) in [7, 11) is 0. The van der Waals surface area contributed by atoms with Gasteiger partial charge in [-0.25, -0.2) is 0 Å². The van der Waals surface area contributed by atoms with Gasteiger partial charge < -0.3 is 5.73 Å². The van der Waals surface area contributed by atoms with Crippen LogP contribution in [0.2, 0.25) is 0 Å². The third-order valence-corrected chi connectivity index (χ3v) is 4.60. The summed E-state index contributed by atoms with van der Waals surface area (Å²) in [4.78, 5) is 0. The Hall–Kier alpha value is -1.60. The number of benzene rings is 2. The van der Waals surface area contributed by atoms with E-state index in [0.29, 0.717) is 11.8 Å². The zero-order valence-electron chi connectivity index (χ0n) is 13.4. The van der Waals surface area contributed by atoms with Crippen molar-refractivity contribution in [2.75, 3.05) is 0 Å². The SMILES string of the molecule is CCC(C)c1ccc(C(N)C(CC)c2ccccc2)cc1. The van der Waals surface area contributed by atoms with Gasteiger partial charge in [-0.1, -0.05) is 75.4 Å². The minimum Gasteiger partial charge on any atom is -0.323 e. The van der Waals surface area contributed by atoms with Crippen molar-refractivity contribution >= 4 is 0 Å². The fraction of sp³-hybridized carbons (Fsp3) is 0.400. The van der Waals surface area contributed by atoms with Gasteiger partial charge in [0.1, 0.15) is 0 Å². The molecule has 0 fully saturated rings. The molecule has 112 valence electrons. The highest BCUT2D eigenvalue weighted by atomic mass is 14.7. The van der Waals surface area contributed by atoms with Gasteiger partial charge in [0.2, 0.25) is 0 Å². The first-order chi connectivity index (χ1) is 10.2. The van der Waals surface area contributed by atoms with Crippen LogP contribution in [0, 0.1) is 0 Å². The van der Waals surface area contributed by atoms with Crippen LogP contribution in [0.4, 0.5) is 0 Å². The molecule has 3 atom stereocenters. The zero-order valence-corrected chi connectivity index (χ0v) is 13.4. The number of hydrogen-bond donors (Lipinski definition) is 1. The summed E-state index contributed by atoms with van der Waals surface area (Å²) in [6, 6.07) is 19.6. The average molecular weight is 281 g/mol. The fourth-order valence-electron chi connectivity index (χ4n) is 2.91. The molecule has 0 aliphatic carbocycles. The van der Waals surface area contributed by atoms with E-state index in [9.17, 15) is 0 Å². The molecule has 0 saturated heterocycles. The van der Waals surface area contributed by atoms with Crippen LogP contribution in [-0.2, 0) is 0 Å². The van der Waals surface area contributed by atoms with Crippen molar-refractivity contribution in [1.29, 1.82) is 0 Å². The van der Waals surface area contributed by atoms with Gasteiger partial charge >= 0.3 is 0 Å². The van der Waals surface area contributed by atoms with E-state index < -0.39 is 0 Å². The normalized spacial score (nSPS) is 15.4. The van der Waals surface area contributed by atoms with Gasteiger partial charge in [-0.2, -0.15) is 0 Å². The molecule has 0 heterocycles. The molecular formula is C20H27N. The first-order valence-electron chi connectivity index (χ1n) is 8.07. The van der Waals surface area contributed by atoms with Crippen molar-refractivity contribution in [3.63, 3.8) is 0 Å². The fourth-order valence-corrected chi connectivity index (χ4v) is 2.91. The van der Waals surface area contributed by atoms with E-state index in [2.05, 4.69) is 75.4 Å². The molecule has 0 bridgehead atoms. The van der Waals surface area contributed by atoms with Crippen LogP contribution < -0.4 is 5.73 Å². The Bertz CT molecular complexity index is 530. The lowest BCUT2D eigenvalue weighted by atomic mass is 9.85. The second-order valence-electron chi connectivity index (χ2n) is 5.93. The molecule has 3 unspecified atom stereocenters. The van der Waals surface area contributed by atoms with Crippen molar-refractivity contribution in [3.05, 3.63) is 71.3 Å². The van der Waals surface area contributed by atoms with E-state index in [-0.39, 0.29) is 6.04 Å². The Balaban J connectivity index is 2.20. The van der Waals surface area contributed by atoms with Crippen LogP contribution >= 0.6 is 0 Å². The molecule has 0 amide bonds. The quantitative estimate of drug-likeness (QED) is 0.754. The standard InChI is InChI=1S/C20H27N/c1-4-15(3)16-11-13-18(14-12-16)20(21)19(5-2)17-9-7-6-8-10-17/h6-15,19-20H,4-5,21H2,1-3H3. The highest BCUT2D eigenvalue weighted by Crippen LogP contribution is 2.32. The first kappa shape index (κ1) is 15.8. The van der Waals surface area contributed by atoms with Crippen LogP contribution in [0.5, 0.6) is 0 Å². The minimum atomic E-state index is 0.0587. The number of hydrogen-bond acceptors (Lipinski definition) is 1. The van der Waals surface area contributed by atoms with Crippen LogP contribution in [0.25, 0.3) is 0 Å². The summed E-state index contributed by atoms with van der Waals surface area (Å²) in [6.07, 6.45) is 2.23. The second kappa shape index (κ2) is 7.42. The Kier molecular flexibility index (Phi) is 5.58. The maximum Gasteiger partial charge on any atom is 0.0364 e. The Labute approximate surface area is 129 Å². The molecule has 1 nitrogen and oxygen atoms in total. The topological polar surface area (TPSA) is 26.0 Å². The Morgan fingerprint density at radius 1 is 0.762 bits per heavy atom. The van der Waals surface area contributed by atoms with Crippen molar-refractivity contribution in [2.45, 2.75) is 51.5 Å². The van der Waals surface area contributed by atoms with E-state index in [4.69, 9.17) is 5.73 Å². The first-order valence-corrected chi connectivity index (χ1v) is 8.07. The molecule has 2 aromatic rings. The molecular weight excluding hydrogens is 254 g/mol. The minimum absolute atomic E-state index is 0.0587. The highest BCUT2D eigenvalue weighted by Gasteiger charge is 2.19. The summed E-state index contributed by atoms with van der Waals surface area (Å²) in [5.41, 5.74) is 10.5. The van der Waals surface area contributed by atoms with Crippen LogP contribution in [0.15, 0.2) is 54.6 Å². The van der Waals surface area contributed by atoms with Gasteiger partial charge in [0.15, 0.2) is 0 Å². The number of nitrogens with two attached hydrogens (primary N) is 1. The predicted molar refractivity (Wildman–Crippen MR) is 91.6 cm³/mol. The third-order valence-electron chi connectivity index (χ3n) is 4.60. The van der Waals surface area contributed by atoms with Gasteiger partial charge in [0, 0.05) is 12.0 Å². The summed E-state index contributed by atoms with van der Waals surface area (Å²) < 4.78 is 0. The van der Waals surface area contributed by atoms with Crippen molar-refractivity contribution in [2.24, 2.45) is 5.73 Å². The summed E-state index contributed by atoms with van der Waals surface area (Å²) in [5.74, 6) is 0.993. The maximum absolute atomic E-state index is 6.54. The van der Waals surface area contributed by atoms with Crippen molar-refractivity contribution < 1.29 is 0 Å². The molecule has 0 aliphatic heterocycles. The molecule has 0 aliphatic rings. The average Bonchev–Trinajstić information content (AvgIpc) is 2.56. The maximum atomic E-state index is 6.54. The van der Waals surface area contributed by atoms with Gasteiger partial charge in [0.25, 0.3) is 0 Å². The Morgan fingerprint density at radius 2 is 1.33 bits per heavy atom. The molecule has 2 aromatic carbocycles. The molecule has 21 heavy (non-hydrogen) atoms. The second-order valence-corrected chi connectivity index (χ2v) is 5.93. The summed E-state index contributed by atoms with van der Waals surface area (Å²) in [5, 5.41) is 0. The smallest absolute Gasteiger partial charge is 0.0364 e. The molecule has 0 aromatic heterocycles. The zero-order chi connectivity index (χ0) is 15.2. The van der Waals surface area contributed by atoms with Gasteiger partial charge in [0.05, 0.1) is 0 Å². The molecule has 2 rings (SSSR count). The van der Waals surface area contributed by atoms with Gasteiger partial charge in [-0.05, 0) is 35.4 Å². The number of rotatable bonds is 6. The van der Waals surface area contributed by atoms with Gasteiger partial charge in [-0.15, -0.1) is 0 Å². The molecule has 1 heteroatoms. The summed E-state index contributed by atoms with van der Waals surface area (Å²) >= 11 is 0. The molecule has 0 radical (unpaired) electrons. The molecule has 2 N–H and O–H groups in total. The van der Waals surface area contributed by atoms with Crippen molar-refractivity contribution in [1.82, 2.24) is 0 Å². The van der Waals surface area contributed by atoms with Gasteiger partial charge in [-0.3, -0.25) is 0 Å². The predicted octanol–water partition coefficient (Wildman–Crippen LogP) is 5.39. The lowest BCUT2D eigenvalue weighted by Gasteiger charge is -2.24. The van der Waals surface area contributed by atoms with E-state index >= 15 is 0 Å². The lowest BCUT2D eigenvalue weighted by molar-refractivity contribution is 0.539. The highest BCUT2D eigenvalue weighted by molar-refractivity contribution is 5.31. The lowest BCUT2D eigenvalue weighted by Crippen LogP contribution is -2.19.